The summed E-state index contributed by atoms with van der Waals surface area (Å²) in [6.45, 7) is 6.02. The number of anilines is 1. The lowest BCUT2D eigenvalue weighted by Gasteiger charge is -2.13. The van der Waals surface area contributed by atoms with Gasteiger partial charge in [-0.05, 0) is 31.4 Å². The Kier molecular flexibility index (Phi) is 2.72. The van der Waals surface area contributed by atoms with Gasteiger partial charge in [0.2, 0.25) is 5.91 Å². The summed E-state index contributed by atoms with van der Waals surface area (Å²) in [4.78, 5) is 11.8. The molecule has 0 saturated heterocycles. The second kappa shape index (κ2) is 3.91. The Hall–Kier alpha value is -1.35. The van der Waals surface area contributed by atoms with Crippen molar-refractivity contribution in [2.24, 2.45) is 5.73 Å². The highest BCUT2D eigenvalue weighted by atomic mass is 16.2. The number of amides is 1. The molecular weight excluding hydrogens is 200 g/mol. The summed E-state index contributed by atoms with van der Waals surface area (Å²) in [5.74, 6) is 0.0948. The third-order valence-electron chi connectivity index (χ3n) is 3.18. The fraction of sp³-hybridized carbons (Fsp3) is 0.462. The summed E-state index contributed by atoms with van der Waals surface area (Å²) in [6.07, 6.45) is 0.834. The standard InChI is InChI=1S/C13H18N2O/c1-4-9-11-6-7(2)5-10(8(3)14)12(11)15-13(9)16/h5-6,8-9H,4,14H2,1-3H3,(H,15,16). The van der Waals surface area contributed by atoms with Crippen LogP contribution in [0.15, 0.2) is 12.1 Å². The van der Waals surface area contributed by atoms with Crippen LogP contribution in [0.5, 0.6) is 0 Å². The first-order valence-electron chi connectivity index (χ1n) is 5.75. The predicted molar refractivity (Wildman–Crippen MR) is 65.4 cm³/mol. The van der Waals surface area contributed by atoms with Gasteiger partial charge in [-0.25, -0.2) is 0 Å². The van der Waals surface area contributed by atoms with E-state index in [0.717, 1.165) is 23.2 Å². The van der Waals surface area contributed by atoms with Gasteiger partial charge in [0.25, 0.3) is 0 Å². The number of hydrogen-bond donors (Lipinski definition) is 2. The van der Waals surface area contributed by atoms with E-state index in [9.17, 15) is 4.79 Å². The largest absolute Gasteiger partial charge is 0.325 e. The average Bonchev–Trinajstić information content (AvgIpc) is 2.52. The van der Waals surface area contributed by atoms with Crippen molar-refractivity contribution in [2.75, 3.05) is 5.32 Å². The van der Waals surface area contributed by atoms with E-state index >= 15 is 0 Å². The summed E-state index contributed by atoms with van der Waals surface area (Å²) in [5, 5.41) is 2.96. The molecule has 1 aromatic carbocycles. The molecular formula is C13H18N2O. The third-order valence-corrected chi connectivity index (χ3v) is 3.18. The minimum Gasteiger partial charge on any atom is -0.325 e. The smallest absolute Gasteiger partial charge is 0.232 e. The first-order valence-corrected chi connectivity index (χ1v) is 5.75. The minimum absolute atomic E-state index is 0.00704. The van der Waals surface area contributed by atoms with Crippen LogP contribution in [0.1, 0.15) is 48.9 Å². The SMILES string of the molecule is CCC1C(=O)Nc2c(C(C)N)cc(C)cc21. The van der Waals surface area contributed by atoms with E-state index in [1.807, 2.05) is 20.8 Å². The van der Waals surface area contributed by atoms with Crippen molar-refractivity contribution < 1.29 is 4.79 Å². The molecule has 16 heavy (non-hydrogen) atoms. The van der Waals surface area contributed by atoms with E-state index in [4.69, 9.17) is 5.73 Å². The van der Waals surface area contributed by atoms with Crippen LogP contribution < -0.4 is 11.1 Å². The zero-order valence-electron chi connectivity index (χ0n) is 10.0. The van der Waals surface area contributed by atoms with E-state index in [1.165, 1.54) is 5.56 Å². The lowest BCUT2D eigenvalue weighted by Crippen LogP contribution is -2.12. The van der Waals surface area contributed by atoms with Gasteiger partial charge >= 0.3 is 0 Å². The molecule has 0 bridgehead atoms. The summed E-state index contributed by atoms with van der Waals surface area (Å²) in [5.41, 5.74) is 10.2. The molecule has 3 N–H and O–H groups in total. The van der Waals surface area contributed by atoms with E-state index in [-0.39, 0.29) is 17.9 Å². The summed E-state index contributed by atoms with van der Waals surface area (Å²) in [6, 6.07) is 4.10. The first kappa shape index (κ1) is 11.1. The highest BCUT2D eigenvalue weighted by Crippen LogP contribution is 2.39. The summed E-state index contributed by atoms with van der Waals surface area (Å²) in [7, 11) is 0. The lowest BCUT2D eigenvalue weighted by molar-refractivity contribution is -0.117. The molecule has 1 amide bonds. The molecule has 0 saturated carbocycles. The number of benzene rings is 1. The molecule has 1 heterocycles. The molecule has 3 nitrogen and oxygen atoms in total. The molecule has 1 aliphatic heterocycles. The van der Waals surface area contributed by atoms with Gasteiger partial charge in [-0.1, -0.05) is 24.6 Å². The first-order chi connectivity index (χ1) is 7.54. The van der Waals surface area contributed by atoms with Gasteiger partial charge in [0.15, 0.2) is 0 Å². The third kappa shape index (κ3) is 1.61. The Morgan fingerprint density at radius 2 is 2.19 bits per heavy atom. The predicted octanol–water partition coefficient (Wildman–Crippen LogP) is 2.46. The van der Waals surface area contributed by atoms with E-state index in [0.29, 0.717) is 0 Å². The maximum Gasteiger partial charge on any atom is 0.232 e. The number of nitrogens with two attached hydrogens (primary N) is 1. The topological polar surface area (TPSA) is 55.1 Å². The van der Waals surface area contributed by atoms with Crippen LogP contribution in [0, 0.1) is 6.92 Å². The van der Waals surface area contributed by atoms with Crippen molar-refractivity contribution >= 4 is 11.6 Å². The van der Waals surface area contributed by atoms with Crippen LogP contribution >= 0.6 is 0 Å². The van der Waals surface area contributed by atoms with Crippen molar-refractivity contribution in [1.29, 1.82) is 0 Å². The molecule has 2 unspecified atom stereocenters. The number of rotatable bonds is 2. The Morgan fingerprint density at radius 3 is 2.75 bits per heavy atom. The van der Waals surface area contributed by atoms with Gasteiger partial charge in [-0.15, -0.1) is 0 Å². The minimum atomic E-state index is -0.0513. The fourth-order valence-electron chi connectivity index (χ4n) is 2.38. The highest BCUT2D eigenvalue weighted by Gasteiger charge is 2.31. The molecule has 1 aliphatic rings. The zero-order chi connectivity index (χ0) is 11.9. The van der Waals surface area contributed by atoms with Crippen LogP contribution in [0.3, 0.4) is 0 Å². The van der Waals surface area contributed by atoms with Crippen LogP contribution in [0.25, 0.3) is 0 Å². The van der Waals surface area contributed by atoms with Crippen molar-refractivity contribution in [3.8, 4) is 0 Å². The average molecular weight is 218 g/mol. The highest BCUT2D eigenvalue weighted by molar-refractivity contribution is 6.03. The van der Waals surface area contributed by atoms with E-state index in [2.05, 4.69) is 17.4 Å². The second-order valence-electron chi connectivity index (χ2n) is 4.56. The van der Waals surface area contributed by atoms with Gasteiger partial charge in [0, 0.05) is 11.7 Å². The van der Waals surface area contributed by atoms with Crippen molar-refractivity contribution in [1.82, 2.24) is 0 Å². The van der Waals surface area contributed by atoms with Gasteiger partial charge < -0.3 is 11.1 Å². The van der Waals surface area contributed by atoms with Gasteiger partial charge in [-0.3, -0.25) is 4.79 Å². The van der Waals surface area contributed by atoms with Gasteiger partial charge in [0.05, 0.1) is 5.92 Å². The fourth-order valence-corrected chi connectivity index (χ4v) is 2.38. The van der Waals surface area contributed by atoms with Crippen LogP contribution in [0.2, 0.25) is 0 Å². The number of carbonyl (C=O) groups excluding carboxylic acids is 1. The maximum absolute atomic E-state index is 11.8. The number of aryl methyl sites for hydroxylation is 1. The van der Waals surface area contributed by atoms with Crippen molar-refractivity contribution in [3.63, 3.8) is 0 Å². The van der Waals surface area contributed by atoms with Crippen LogP contribution in [-0.4, -0.2) is 5.91 Å². The van der Waals surface area contributed by atoms with Crippen LogP contribution in [0.4, 0.5) is 5.69 Å². The van der Waals surface area contributed by atoms with Crippen molar-refractivity contribution in [3.05, 3.63) is 28.8 Å². The second-order valence-corrected chi connectivity index (χ2v) is 4.56. The molecule has 0 fully saturated rings. The zero-order valence-corrected chi connectivity index (χ0v) is 10.0. The summed E-state index contributed by atoms with van der Waals surface area (Å²) >= 11 is 0. The quantitative estimate of drug-likeness (QED) is 0.801. The normalized spacial score (nSPS) is 20.5. The number of nitrogens with one attached hydrogen (secondary N) is 1. The van der Waals surface area contributed by atoms with Crippen molar-refractivity contribution in [2.45, 2.75) is 39.2 Å². The Labute approximate surface area is 96.0 Å². The monoisotopic (exact) mass is 218 g/mol. The maximum atomic E-state index is 11.8. The molecule has 86 valence electrons. The molecule has 2 rings (SSSR count). The Morgan fingerprint density at radius 1 is 1.50 bits per heavy atom. The van der Waals surface area contributed by atoms with E-state index in [1.54, 1.807) is 0 Å². The Balaban J connectivity index is 2.59. The number of carbonyl (C=O) groups is 1. The number of fused-ring (bicyclic) bond motifs is 1. The Bertz CT molecular complexity index is 438. The lowest BCUT2D eigenvalue weighted by atomic mass is 9.93. The van der Waals surface area contributed by atoms with E-state index < -0.39 is 0 Å². The molecule has 2 atom stereocenters. The van der Waals surface area contributed by atoms with Gasteiger partial charge in [-0.2, -0.15) is 0 Å². The molecule has 0 aromatic heterocycles. The molecule has 3 heteroatoms. The molecule has 1 aromatic rings. The van der Waals surface area contributed by atoms with Crippen LogP contribution in [-0.2, 0) is 4.79 Å². The van der Waals surface area contributed by atoms with Gasteiger partial charge in [0.1, 0.15) is 0 Å². The molecule has 0 aliphatic carbocycles. The summed E-state index contributed by atoms with van der Waals surface area (Å²) < 4.78 is 0. The molecule has 0 spiro atoms. The number of hydrogen-bond acceptors (Lipinski definition) is 2. The molecule has 0 radical (unpaired) electrons.